The van der Waals surface area contributed by atoms with Gasteiger partial charge in [-0.15, -0.1) is 24.0 Å². The van der Waals surface area contributed by atoms with Crippen molar-refractivity contribution in [2.45, 2.75) is 31.6 Å². The Bertz CT molecular complexity index is 401. The van der Waals surface area contributed by atoms with Crippen molar-refractivity contribution in [2.24, 2.45) is 4.99 Å². The molecule has 0 saturated carbocycles. The number of aryl methyl sites for hydroxylation is 1. The van der Waals surface area contributed by atoms with E-state index in [9.17, 15) is 0 Å². The Labute approximate surface area is 135 Å². The standard InChI is InChI=1S/C12H21N5S.HI/c1-9-10(7-16-17-9)6-14-12(13-2)15-8-11-4-3-5-18-11;/h7,11H,3-6,8H2,1-2H3,(H,16,17)(H2,13,14,15);1H. The van der Waals surface area contributed by atoms with Crippen LogP contribution in [-0.2, 0) is 6.54 Å². The molecule has 3 N–H and O–H groups in total. The molecule has 1 atom stereocenters. The Hall–Kier alpha value is -0.440. The smallest absolute Gasteiger partial charge is 0.191 e. The van der Waals surface area contributed by atoms with Crippen LogP contribution >= 0.6 is 35.7 Å². The maximum Gasteiger partial charge on any atom is 0.191 e. The molecule has 108 valence electrons. The van der Waals surface area contributed by atoms with E-state index in [0.29, 0.717) is 0 Å². The average molecular weight is 395 g/mol. The van der Waals surface area contributed by atoms with Crippen LogP contribution in [-0.4, -0.2) is 40.8 Å². The normalized spacial score (nSPS) is 19.1. The Morgan fingerprint density at radius 2 is 2.42 bits per heavy atom. The van der Waals surface area contributed by atoms with Crippen LogP contribution in [0, 0.1) is 6.92 Å². The van der Waals surface area contributed by atoms with Crippen LogP contribution in [0.2, 0.25) is 0 Å². The topological polar surface area (TPSA) is 65.1 Å². The van der Waals surface area contributed by atoms with E-state index in [4.69, 9.17) is 0 Å². The van der Waals surface area contributed by atoms with Gasteiger partial charge in [0.2, 0.25) is 0 Å². The highest BCUT2D eigenvalue weighted by Gasteiger charge is 2.15. The molecule has 2 rings (SSSR count). The highest BCUT2D eigenvalue weighted by Crippen LogP contribution is 2.25. The van der Waals surface area contributed by atoms with Gasteiger partial charge in [-0.3, -0.25) is 10.1 Å². The van der Waals surface area contributed by atoms with Crippen molar-refractivity contribution >= 4 is 41.7 Å². The lowest BCUT2D eigenvalue weighted by Crippen LogP contribution is -2.39. The fourth-order valence-electron chi connectivity index (χ4n) is 1.97. The summed E-state index contributed by atoms with van der Waals surface area (Å²) in [4.78, 5) is 4.23. The monoisotopic (exact) mass is 395 g/mol. The van der Waals surface area contributed by atoms with Crippen molar-refractivity contribution in [1.29, 1.82) is 0 Å². The van der Waals surface area contributed by atoms with Crippen molar-refractivity contribution in [3.8, 4) is 0 Å². The summed E-state index contributed by atoms with van der Waals surface area (Å²) in [5, 5.41) is 14.4. The average Bonchev–Trinajstić information content (AvgIpc) is 3.01. The number of hydrogen-bond acceptors (Lipinski definition) is 3. The Morgan fingerprint density at radius 1 is 1.58 bits per heavy atom. The van der Waals surface area contributed by atoms with Gasteiger partial charge in [0.1, 0.15) is 0 Å². The van der Waals surface area contributed by atoms with Crippen molar-refractivity contribution in [1.82, 2.24) is 20.8 Å². The van der Waals surface area contributed by atoms with Gasteiger partial charge in [0, 0.05) is 36.6 Å². The van der Waals surface area contributed by atoms with Crippen molar-refractivity contribution < 1.29 is 0 Å². The molecule has 1 aromatic heterocycles. The van der Waals surface area contributed by atoms with Gasteiger partial charge in [-0.1, -0.05) is 0 Å². The molecule has 0 radical (unpaired) electrons. The zero-order valence-corrected chi connectivity index (χ0v) is 14.5. The minimum Gasteiger partial charge on any atom is -0.355 e. The van der Waals surface area contributed by atoms with E-state index in [1.807, 2.05) is 13.1 Å². The van der Waals surface area contributed by atoms with Gasteiger partial charge in [0.25, 0.3) is 0 Å². The number of thioether (sulfide) groups is 1. The molecule has 19 heavy (non-hydrogen) atoms. The van der Waals surface area contributed by atoms with Crippen LogP contribution in [0.1, 0.15) is 24.1 Å². The van der Waals surface area contributed by atoms with Gasteiger partial charge in [0.05, 0.1) is 6.20 Å². The van der Waals surface area contributed by atoms with E-state index >= 15 is 0 Å². The molecular weight excluding hydrogens is 373 g/mol. The molecule has 1 fully saturated rings. The first-order valence-electron chi connectivity index (χ1n) is 6.34. The van der Waals surface area contributed by atoms with Crippen LogP contribution in [0.25, 0.3) is 0 Å². The Morgan fingerprint density at radius 3 is 3.00 bits per heavy atom. The van der Waals surface area contributed by atoms with E-state index in [0.717, 1.165) is 30.0 Å². The molecule has 1 aliphatic heterocycles. The quantitative estimate of drug-likeness (QED) is 0.414. The summed E-state index contributed by atoms with van der Waals surface area (Å²) < 4.78 is 0. The Kier molecular flexibility index (Phi) is 7.59. The molecule has 0 amide bonds. The highest BCUT2D eigenvalue weighted by atomic mass is 127. The number of aliphatic imine (C=N–C) groups is 1. The van der Waals surface area contributed by atoms with Crippen LogP contribution in [0.3, 0.4) is 0 Å². The largest absolute Gasteiger partial charge is 0.355 e. The first kappa shape index (κ1) is 16.6. The fraction of sp³-hybridized carbons (Fsp3) is 0.667. The second-order valence-electron chi connectivity index (χ2n) is 4.46. The lowest BCUT2D eigenvalue weighted by molar-refractivity contribution is 0.725. The molecule has 1 unspecified atom stereocenters. The molecule has 0 aromatic carbocycles. The number of aromatic nitrogens is 2. The van der Waals surface area contributed by atoms with Crippen molar-refractivity contribution in [2.75, 3.05) is 19.3 Å². The third-order valence-corrected chi connectivity index (χ3v) is 4.52. The maximum atomic E-state index is 4.23. The van der Waals surface area contributed by atoms with Crippen molar-refractivity contribution in [3.05, 3.63) is 17.5 Å². The first-order valence-corrected chi connectivity index (χ1v) is 7.39. The summed E-state index contributed by atoms with van der Waals surface area (Å²) in [6, 6.07) is 0. The molecule has 1 saturated heterocycles. The van der Waals surface area contributed by atoms with Crippen LogP contribution in [0.4, 0.5) is 0 Å². The summed E-state index contributed by atoms with van der Waals surface area (Å²) in [6.07, 6.45) is 4.51. The Balaban J connectivity index is 0.00000180. The predicted molar refractivity (Wildman–Crippen MR) is 92.4 cm³/mol. The predicted octanol–water partition coefficient (Wildman–Crippen LogP) is 1.90. The number of halogens is 1. The number of aromatic amines is 1. The number of nitrogens with one attached hydrogen (secondary N) is 3. The third kappa shape index (κ3) is 5.21. The van der Waals surface area contributed by atoms with Gasteiger partial charge in [-0.05, 0) is 25.5 Å². The molecule has 2 heterocycles. The number of H-pyrrole nitrogens is 1. The summed E-state index contributed by atoms with van der Waals surface area (Å²) in [5.74, 6) is 2.16. The number of hydrogen-bond donors (Lipinski definition) is 3. The van der Waals surface area contributed by atoms with E-state index in [1.54, 1.807) is 7.05 Å². The molecular formula is C12H22IN5S. The molecule has 0 bridgehead atoms. The van der Waals surface area contributed by atoms with E-state index in [2.05, 4.69) is 37.6 Å². The summed E-state index contributed by atoms with van der Waals surface area (Å²) >= 11 is 2.05. The minimum absolute atomic E-state index is 0. The van der Waals surface area contributed by atoms with E-state index < -0.39 is 0 Å². The minimum atomic E-state index is 0. The van der Waals surface area contributed by atoms with Gasteiger partial charge in [0.15, 0.2) is 5.96 Å². The highest BCUT2D eigenvalue weighted by molar-refractivity contribution is 14.0. The van der Waals surface area contributed by atoms with Gasteiger partial charge in [-0.25, -0.2) is 0 Å². The van der Waals surface area contributed by atoms with E-state index in [1.165, 1.54) is 24.2 Å². The third-order valence-electron chi connectivity index (χ3n) is 3.13. The second-order valence-corrected chi connectivity index (χ2v) is 5.87. The van der Waals surface area contributed by atoms with Crippen LogP contribution < -0.4 is 10.6 Å². The lowest BCUT2D eigenvalue weighted by Gasteiger charge is -2.14. The number of nitrogens with zero attached hydrogens (tertiary/aromatic N) is 2. The summed E-state index contributed by atoms with van der Waals surface area (Å²) in [7, 11) is 1.80. The number of guanidine groups is 1. The van der Waals surface area contributed by atoms with Crippen LogP contribution in [0.5, 0.6) is 0 Å². The SMILES string of the molecule is CN=C(NCc1cn[nH]c1C)NCC1CCCS1.I. The van der Waals surface area contributed by atoms with Gasteiger partial charge in [-0.2, -0.15) is 16.9 Å². The van der Waals surface area contributed by atoms with Gasteiger partial charge >= 0.3 is 0 Å². The molecule has 7 heteroatoms. The molecule has 1 aliphatic rings. The second kappa shape index (κ2) is 8.68. The van der Waals surface area contributed by atoms with E-state index in [-0.39, 0.29) is 24.0 Å². The fourth-order valence-corrected chi connectivity index (χ4v) is 3.17. The zero-order valence-electron chi connectivity index (χ0n) is 11.4. The lowest BCUT2D eigenvalue weighted by atomic mass is 10.2. The zero-order chi connectivity index (χ0) is 12.8. The molecule has 0 spiro atoms. The summed E-state index contributed by atoms with van der Waals surface area (Å²) in [5.41, 5.74) is 2.28. The molecule has 5 nitrogen and oxygen atoms in total. The van der Waals surface area contributed by atoms with Crippen LogP contribution in [0.15, 0.2) is 11.2 Å². The van der Waals surface area contributed by atoms with Crippen molar-refractivity contribution in [3.63, 3.8) is 0 Å². The maximum absolute atomic E-state index is 4.23. The van der Waals surface area contributed by atoms with Gasteiger partial charge < -0.3 is 10.6 Å². The number of rotatable bonds is 4. The molecule has 0 aliphatic carbocycles. The first-order chi connectivity index (χ1) is 8.79. The molecule has 1 aromatic rings. The summed E-state index contributed by atoms with van der Waals surface area (Å²) in [6.45, 7) is 3.77.